The first-order valence-corrected chi connectivity index (χ1v) is 6.04. The van der Waals surface area contributed by atoms with Gasteiger partial charge in [0.2, 0.25) is 0 Å². The zero-order valence-corrected chi connectivity index (χ0v) is 11.0. The molecule has 0 radical (unpaired) electrons. The predicted molar refractivity (Wildman–Crippen MR) is 70.4 cm³/mol. The van der Waals surface area contributed by atoms with Crippen LogP contribution in [-0.4, -0.2) is 25.2 Å². The van der Waals surface area contributed by atoms with Crippen LogP contribution in [-0.2, 0) is 19.1 Å². The lowest BCUT2D eigenvalue weighted by atomic mass is 9.94. The highest BCUT2D eigenvalue weighted by atomic mass is 16.6. The number of carbonyl (C=O) groups excluding carboxylic acids is 2. The third-order valence-electron chi connectivity index (χ3n) is 2.47. The maximum absolute atomic E-state index is 11.9. The van der Waals surface area contributed by atoms with Crippen molar-refractivity contribution >= 4 is 11.9 Å². The summed E-state index contributed by atoms with van der Waals surface area (Å²) in [4.78, 5) is 23.9. The van der Waals surface area contributed by atoms with Crippen LogP contribution in [0.3, 0.4) is 0 Å². The molecule has 0 atom stereocenters. The first kappa shape index (κ1) is 14.8. The summed E-state index contributed by atoms with van der Waals surface area (Å²) in [5.74, 6) is 0.0234. The molecule has 0 aliphatic heterocycles. The van der Waals surface area contributed by atoms with Gasteiger partial charge >= 0.3 is 11.9 Å². The van der Waals surface area contributed by atoms with E-state index in [-0.39, 0.29) is 13.2 Å². The van der Waals surface area contributed by atoms with Crippen molar-refractivity contribution in [3.05, 3.63) is 35.4 Å². The highest BCUT2D eigenvalue weighted by Crippen LogP contribution is 2.23. The molecule has 0 aromatic heterocycles. The Morgan fingerprint density at radius 3 is 2.16 bits per heavy atom. The van der Waals surface area contributed by atoms with E-state index in [0.717, 1.165) is 0 Å². The van der Waals surface area contributed by atoms with Crippen molar-refractivity contribution < 1.29 is 19.1 Å². The Hall–Kier alpha value is -2.28. The summed E-state index contributed by atoms with van der Waals surface area (Å²) in [6.45, 7) is 3.72. The Kier molecular flexibility index (Phi) is 5.62. The van der Waals surface area contributed by atoms with E-state index in [1.54, 1.807) is 38.1 Å². The molecule has 4 nitrogen and oxygen atoms in total. The van der Waals surface area contributed by atoms with E-state index in [9.17, 15) is 9.59 Å². The van der Waals surface area contributed by atoms with Crippen LogP contribution in [0, 0.1) is 12.3 Å². The van der Waals surface area contributed by atoms with Crippen molar-refractivity contribution in [2.75, 3.05) is 13.2 Å². The molecule has 100 valence electrons. The van der Waals surface area contributed by atoms with E-state index < -0.39 is 17.9 Å². The monoisotopic (exact) mass is 260 g/mol. The summed E-state index contributed by atoms with van der Waals surface area (Å²) in [5, 5.41) is 0. The van der Waals surface area contributed by atoms with Crippen LogP contribution >= 0.6 is 0 Å². The minimum absolute atomic E-state index is 0.187. The summed E-state index contributed by atoms with van der Waals surface area (Å²) in [5.41, 5.74) is 0.913. The molecule has 0 aliphatic rings. The van der Waals surface area contributed by atoms with Gasteiger partial charge in [0.15, 0.2) is 5.92 Å². The molecule has 0 unspecified atom stereocenters. The standard InChI is InChI=1S/C15H16O4/c1-4-11-9-7-8-10-12(11)13(14(16)18-5-2)15(17)19-6-3/h1,7-10,13H,5-6H2,2-3H3. The molecule has 1 aromatic rings. The molecule has 4 heteroatoms. The zero-order valence-electron chi connectivity index (χ0n) is 11.0. The maximum Gasteiger partial charge on any atom is 0.324 e. The normalized spacial score (nSPS) is 9.79. The SMILES string of the molecule is C#Cc1ccccc1C(C(=O)OCC)C(=O)OCC. The second-order valence-electron chi connectivity index (χ2n) is 3.67. The Morgan fingerprint density at radius 1 is 1.16 bits per heavy atom. The lowest BCUT2D eigenvalue weighted by Crippen LogP contribution is -2.26. The van der Waals surface area contributed by atoms with Crippen LogP contribution in [0.5, 0.6) is 0 Å². The van der Waals surface area contributed by atoms with Gasteiger partial charge in [-0.05, 0) is 25.5 Å². The van der Waals surface area contributed by atoms with E-state index in [2.05, 4.69) is 5.92 Å². The van der Waals surface area contributed by atoms with Gasteiger partial charge in [0, 0.05) is 5.56 Å². The second-order valence-corrected chi connectivity index (χ2v) is 3.67. The van der Waals surface area contributed by atoms with Crippen molar-refractivity contribution in [3.63, 3.8) is 0 Å². The fourth-order valence-electron chi connectivity index (χ4n) is 1.68. The van der Waals surface area contributed by atoms with E-state index in [0.29, 0.717) is 11.1 Å². The van der Waals surface area contributed by atoms with Gasteiger partial charge in [-0.15, -0.1) is 6.42 Å². The highest BCUT2D eigenvalue weighted by molar-refractivity contribution is 6.01. The van der Waals surface area contributed by atoms with E-state index in [1.165, 1.54) is 0 Å². The molecule has 0 fully saturated rings. The van der Waals surface area contributed by atoms with Crippen LogP contribution in [0.15, 0.2) is 24.3 Å². The van der Waals surface area contributed by atoms with Crippen molar-refractivity contribution in [2.24, 2.45) is 0 Å². The van der Waals surface area contributed by atoms with Gasteiger partial charge in [0.1, 0.15) is 0 Å². The molecule has 0 saturated heterocycles. The first-order valence-electron chi connectivity index (χ1n) is 6.04. The largest absolute Gasteiger partial charge is 0.465 e. The van der Waals surface area contributed by atoms with Crippen LogP contribution in [0.1, 0.15) is 30.9 Å². The van der Waals surface area contributed by atoms with E-state index >= 15 is 0 Å². The summed E-state index contributed by atoms with van der Waals surface area (Å²) < 4.78 is 9.83. The molecular formula is C15H16O4. The van der Waals surface area contributed by atoms with Crippen LogP contribution < -0.4 is 0 Å². The molecule has 0 N–H and O–H groups in total. The summed E-state index contributed by atoms with van der Waals surface area (Å²) in [6.07, 6.45) is 5.38. The predicted octanol–water partition coefficient (Wildman–Crippen LogP) is 1.88. The summed E-state index contributed by atoms with van der Waals surface area (Å²) >= 11 is 0. The van der Waals surface area contributed by atoms with Crippen molar-refractivity contribution in [3.8, 4) is 12.3 Å². The minimum atomic E-state index is -1.13. The van der Waals surface area contributed by atoms with Gasteiger partial charge in [0.25, 0.3) is 0 Å². The minimum Gasteiger partial charge on any atom is -0.465 e. The molecule has 0 heterocycles. The van der Waals surface area contributed by atoms with Crippen molar-refractivity contribution in [1.82, 2.24) is 0 Å². The fraction of sp³-hybridized carbons (Fsp3) is 0.333. The number of ether oxygens (including phenoxy) is 2. The Balaban J connectivity index is 3.19. The zero-order chi connectivity index (χ0) is 14.3. The van der Waals surface area contributed by atoms with Gasteiger partial charge < -0.3 is 9.47 Å². The fourth-order valence-corrected chi connectivity index (χ4v) is 1.68. The molecule has 19 heavy (non-hydrogen) atoms. The van der Waals surface area contributed by atoms with Gasteiger partial charge in [-0.3, -0.25) is 9.59 Å². The van der Waals surface area contributed by atoms with Gasteiger partial charge in [0.05, 0.1) is 13.2 Å². The molecule has 0 bridgehead atoms. The summed E-state index contributed by atoms with van der Waals surface area (Å²) in [6, 6.07) is 6.75. The van der Waals surface area contributed by atoms with Gasteiger partial charge in [-0.1, -0.05) is 24.1 Å². The topological polar surface area (TPSA) is 52.6 Å². The van der Waals surface area contributed by atoms with Gasteiger partial charge in [-0.25, -0.2) is 0 Å². The maximum atomic E-state index is 11.9. The van der Waals surface area contributed by atoms with Crippen molar-refractivity contribution in [1.29, 1.82) is 0 Å². The number of terminal acetylenes is 1. The number of benzene rings is 1. The molecule has 0 aliphatic carbocycles. The molecule has 1 aromatic carbocycles. The Bertz CT molecular complexity index is 481. The number of hydrogen-bond acceptors (Lipinski definition) is 4. The number of hydrogen-bond donors (Lipinski definition) is 0. The average Bonchev–Trinajstić information content (AvgIpc) is 2.40. The smallest absolute Gasteiger partial charge is 0.324 e. The van der Waals surface area contributed by atoms with Crippen LogP contribution in [0.2, 0.25) is 0 Å². The Morgan fingerprint density at radius 2 is 1.68 bits per heavy atom. The average molecular weight is 260 g/mol. The highest BCUT2D eigenvalue weighted by Gasteiger charge is 2.32. The molecule has 0 saturated carbocycles. The van der Waals surface area contributed by atoms with Crippen LogP contribution in [0.4, 0.5) is 0 Å². The Labute approximate surface area is 112 Å². The van der Waals surface area contributed by atoms with E-state index in [1.807, 2.05) is 0 Å². The third kappa shape index (κ3) is 3.59. The number of esters is 2. The number of rotatable bonds is 5. The molecular weight excluding hydrogens is 244 g/mol. The second kappa shape index (κ2) is 7.22. The first-order chi connectivity index (χ1) is 9.15. The quantitative estimate of drug-likeness (QED) is 0.461. The molecule has 0 spiro atoms. The third-order valence-corrected chi connectivity index (χ3v) is 2.47. The molecule has 0 amide bonds. The van der Waals surface area contributed by atoms with Crippen LogP contribution in [0.25, 0.3) is 0 Å². The lowest BCUT2D eigenvalue weighted by Gasteiger charge is -2.16. The van der Waals surface area contributed by atoms with Gasteiger partial charge in [-0.2, -0.15) is 0 Å². The number of carbonyl (C=O) groups is 2. The summed E-state index contributed by atoms with van der Waals surface area (Å²) in [7, 11) is 0. The lowest BCUT2D eigenvalue weighted by molar-refractivity contribution is -0.156. The van der Waals surface area contributed by atoms with Crippen molar-refractivity contribution in [2.45, 2.75) is 19.8 Å². The molecule has 1 rings (SSSR count). The van der Waals surface area contributed by atoms with E-state index in [4.69, 9.17) is 15.9 Å².